The molecule has 0 atom stereocenters. The van der Waals surface area contributed by atoms with Crippen LogP contribution < -0.4 is 0 Å². The number of rotatable bonds is 7. The van der Waals surface area contributed by atoms with Crippen molar-refractivity contribution in [1.29, 1.82) is 0 Å². The number of nitrogens with zero attached hydrogens (tertiary/aromatic N) is 2. The molecule has 1 rings (SSSR count). The van der Waals surface area contributed by atoms with Crippen molar-refractivity contribution in [3.8, 4) is 0 Å². The van der Waals surface area contributed by atoms with Gasteiger partial charge in [0.05, 0.1) is 12.2 Å². The predicted octanol–water partition coefficient (Wildman–Crippen LogP) is 0.353. The van der Waals surface area contributed by atoms with Gasteiger partial charge in [-0.3, -0.25) is 4.79 Å². The summed E-state index contributed by atoms with van der Waals surface area (Å²) in [6.07, 6.45) is 0.952. The van der Waals surface area contributed by atoms with Gasteiger partial charge in [0, 0.05) is 12.7 Å². The van der Waals surface area contributed by atoms with E-state index in [-0.39, 0.29) is 23.7 Å². The molecule has 0 aliphatic rings. The monoisotopic (exact) mass is 316 g/mol. The number of carbonyl (C=O) groups is 2. The Bertz CT molecular complexity index is 611. The lowest BCUT2D eigenvalue weighted by atomic mass is 10.3. The number of hydrogen-bond donors (Lipinski definition) is 1. The number of carbonyl (C=O) groups excluding carboxylic acids is 1. The first kappa shape index (κ1) is 17.1. The highest BCUT2D eigenvalue weighted by molar-refractivity contribution is 7.89. The molecule has 0 amide bonds. The summed E-state index contributed by atoms with van der Waals surface area (Å²) >= 11 is 0. The van der Waals surface area contributed by atoms with E-state index >= 15 is 0 Å². The fourth-order valence-electron chi connectivity index (χ4n) is 1.51. The third kappa shape index (κ3) is 4.23. The summed E-state index contributed by atoms with van der Waals surface area (Å²) in [4.78, 5) is 25.7. The molecule has 0 aromatic carbocycles. The van der Waals surface area contributed by atoms with E-state index in [0.717, 1.165) is 22.6 Å². The van der Waals surface area contributed by atoms with Crippen LogP contribution in [0.1, 0.15) is 24.2 Å². The molecule has 116 valence electrons. The molecule has 0 unspecified atom stereocenters. The van der Waals surface area contributed by atoms with E-state index in [1.165, 1.54) is 0 Å². The second kappa shape index (κ2) is 7.14. The zero-order chi connectivity index (χ0) is 16.0. The third-order valence-corrected chi connectivity index (χ3v) is 4.39. The average Bonchev–Trinajstić information content (AvgIpc) is 2.45. The molecule has 0 bridgehead atoms. The van der Waals surface area contributed by atoms with Gasteiger partial charge in [0.1, 0.15) is 6.54 Å². The van der Waals surface area contributed by atoms with Crippen LogP contribution >= 0.6 is 0 Å². The van der Waals surface area contributed by atoms with E-state index in [1.54, 1.807) is 13.8 Å². The first-order valence-corrected chi connectivity index (χ1v) is 7.62. The maximum Gasteiger partial charge on any atom is 0.337 e. The summed E-state index contributed by atoms with van der Waals surface area (Å²) in [7, 11) is -3.98. The molecule has 0 fully saturated rings. The SMILES string of the molecule is CCOC(=O)CN(CC)S(=O)(=O)c1ccc(C(=O)O)cn1. The van der Waals surface area contributed by atoms with Gasteiger partial charge in [0.15, 0.2) is 5.03 Å². The van der Waals surface area contributed by atoms with Gasteiger partial charge in [-0.2, -0.15) is 4.31 Å². The van der Waals surface area contributed by atoms with E-state index in [1.807, 2.05) is 0 Å². The van der Waals surface area contributed by atoms with E-state index in [9.17, 15) is 18.0 Å². The molecular weight excluding hydrogens is 300 g/mol. The van der Waals surface area contributed by atoms with Crippen LogP contribution in [0.4, 0.5) is 0 Å². The number of aromatic nitrogens is 1. The standard InChI is InChI=1S/C12H16N2O6S/c1-3-14(8-11(15)20-4-2)21(18,19)10-6-5-9(7-13-10)12(16)17/h5-7H,3-4,8H2,1-2H3,(H,16,17). The van der Waals surface area contributed by atoms with Gasteiger partial charge in [-0.05, 0) is 19.1 Å². The van der Waals surface area contributed by atoms with Crippen molar-refractivity contribution in [2.75, 3.05) is 19.7 Å². The van der Waals surface area contributed by atoms with Gasteiger partial charge < -0.3 is 9.84 Å². The molecule has 1 aromatic rings. The normalized spacial score (nSPS) is 11.4. The number of aromatic carboxylic acids is 1. The zero-order valence-electron chi connectivity index (χ0n) is 11.6. The minimum atomic E-state index is -3.98. The molecule has 1 heterocycles. The summed E-state index contributed by atoms with van der Waals surface area (Å²) in [6.45, 7) is 2.98. The molecule has 0 saturated heterocycles. The number of esters is 1. The average molecular weight is 316 g/mol. The van der Waals surface area contributed by atoms with Crippen LogP contribution in [-0.2, 0) is 19.6 Å². The number of ether oxygens (including phenoxy) is 1. The van der Waals surface area contributed by atoms with Gasteiger partial charge in [0.25, 0.3) is 10.0 Å². The van der Waals surface area contributed by atoms with Gasteiger partial charge >= 0.3 is 11.9 Å². The summed E-state index contributed by atoms with van der Waals surface area (Å²) < 4.78 is 30.2. The summed E-state index contributed by atoms with van der Waals surface area (Å²) in [5.74, 6) is -1.87. The van der Waals surface area contributed by atoms with Crippen LogP contribution in [0.15, 0.2) is 23.4 Å². The minimum absolute atomic E-state index is 0.0590. The Kier molecular flexibility index (Phi) is 5.79. The Labute approximate surface area is 122 Å². The summed E-state index contributed by atoms with van der Waals surface area (Å²) in [6, 6.07) is 2.23. The molecule has 1 N–H and O–H groups in total. The first-order valence-electron chi connectivity index (χ1n) is 6.18. The Balaban J connectivity index is 3.01. The van der Waals surface area contributed by atoms with Crippen molar-refractivity contribution in [3.05, 3.63) is 23.9 Å². The maximum absolute atomic E-state index is 12.3. The lowest BCUT2D eigenvalue weighted by Crippen LogP contribution is -2.36. The summed E-state index contributed by atoms with van der Waals surface area (Å²) in [5, 5.41) is 8.43. The number of carboxylic acids is 1. The number of likely N-dealkylation sites (N-methyl/N-ethyl adjacent to an activating group) is 1. The second-order valence-corrected chi connectivity index (χ2v) is 5.81. The number of carboxylic acid groups (broad SMARTS) is 1. The smallest absolute Gasteiger partial charge is 0.337 e. The van der Waals surface area contributed by atoms with Gasteiger partial charge in [0.2, 0.25) is 0 Å². The van der Waals surface area contributed by atoms with Crippen LogP contribution in [0.3, 0.4) is 0 Å². The molecule has 0 aliphatic carbocycles. The van der Waals surface area contributed by atoms with Crippen molar-refractivity contribution in [3.63, 3.8) is 0 Å². The Morgan fingerprint density at radius 1 is 1.33 bits per heavy atom. The highest BCUT2D eigenvalue weighted by atomic mass is 32.2. The van der Waals surface area contributed by atoms with Crippen molar-refractivity contribution < 1.29 is 27.9 Å². The van der Waals surface area contributed by atoms with Crippen molar-refractivity contribution in [2.45, 2.75) is 18.9 Å². The van der Waals surface area contributed by atoms with E-state index in [0.29, 0.717) is 0 Å². The fourth-order valence-corrected chi connectivity index (χ4v) is 2.81. The molecule has 1 aromatic heterocycles. The van der Waals surface area contributed by atoms with Crippen LogP contribution in [0, 0.1) is 0 Å². The highest BCUT2D eigenvalue weighted by Gasteiger charge is 2.27. The first-order chi connectivity index (χ1) is 9.82. The molecule has 0 saturated carbocycles. The number of sulfonamides is 1. The van der Waals surface area contributed by atoms with Gasteiger partial charge in [-0.25, -0.2) is 18.2 Å². The van der Waals surface area contributed by atoms with Gasteiger partial charge in [-0.15, -0.1) is 0 Å². The molecule has 8 nitrogen and oxygen atoms in total. The molecule has 0 aliphatic heterocycles. The zero-order valence-corrected chi connectivity index (χ0v) is 12.5. The highest BCUT2D eigenvalue weighted by Crippen LogP contribution is 2.13. The van der Waals surface area contributed by atoms with Crippen LogP contribution in [0.2, 0.25) is 0 Å². The third-order valence-electron chi connectivity index (χ3n) is 2.55. The molecule has 21 heavy (non-hydrogen) atoms. The molecule has 0 spiro atoms. The topological polar surface area (TPSA) is 114 Å². The van der Waals surface area contributed by atoms with Crippen molar-refractivity contribution in [1.82, 2.24) is 9.29 Å². The molecule has 9 heteroatoms. The fraction of sp³-hybridized carbons (Fsp3) is 0.417. The lowest BCUT2D eigenvalue weighted by Gasteiger charge is -2.18. The van der Waals surface area contributed by atoms with E-state index < -0.39 is 28.5 Å². The van der Waals surface area contributed by atoms with Crippen LogP contribution in [0.25, 0.3) is 0 Å². The summed E-state index contributed by atoms with van der Waals surface area (Å²) in [5.41, 5.74) is -0.123. The maximum atomic E-state index is 12.3. The Morgan fingerprint density at radius 3 is 2.43 bits per heavy atom. The quantitative estimate of drug-likeness (QED) is 0.722. The number of hydrogen-bond acceptors (Lipinski definition) is 6. The number of pyridine rings is 1. The Hall–Kier alpha value is -2.00. The van der Waals surface area contributed by atoms with Gasteiger partial charge in [-0.1, -0.05) is 6.92 Å². The van der Waals surface area contributed by atoms with E-state index in [2.05, 4.69) is 4.98 Å². The second-order valence-electron chi connectivity index (χ2n) is 3.93. The molecule has 0 radical (unpaired) electrons. The molecular formula is C12H16N2O6S. The van der Waals surface area contributed by atoms with Crippen molar-refractivity contribution >= 4 is 22.0 Å². The Morgan fingerprint density at radius 2 is 2.00 bits per heavy atom. The minimum Gasteiger partial charge on any atom is -0.478 e. The van der Waals surface area contributed by atoms with E-state index in [4.69, 9.17) is 9.84 Å². The lowest BCUT2D eigenvalue weighted by molar-refractivity contribution is -0.143. The van der Waals surface area contributed by atoms with Crippen LogP contribution in [-0.4, -0.2) is 54.4 Å². The predicted molar refractivity (Wildman–Crippen MR) is 72.3 cm³/mol. The van der Waals surface area contributed by atoms with Crippen molar-refractivity contribution in [2.24, 2.45) is 0 Å². The van der Waals surface area contributed by atoms with Crippen LogP contribution in [0.5, 0.6) is 0 Å². The largest absolute Gasteiger partial charge is 0.478 e.